The number of hydrogen-bond donors (Lipinski definition) is 0. The molecule has 4 nitrogen and oxygen atoms in total. The zero-order valence-corrected chi connectivity index (χ0v) is 15.5. The smallest absolute Gasteiger partial charge is 0.282 e. The summed E-state index contributed by atoms with van der Waals surface area (Å²) in [4.78, 5) is 12.2. The Morgan fingerprint density at radius 3 is 2.13 bits per heavy atom. The fraction of sp³-hybridized carbons (Fsp3) is 0. The first-order valence-corrected chi connectivity index (χ1v) is 9.53. The molecule has 0 radical (unpaired) electrons. The third-order valence-corrected chi connectivity index (χ3v) is 5.68. The number of hydrogen-bond acceptors (Lipinski definition) is 3. The van der Waals surface area contributed by atoms with E-state index in [4.69, 9.17) is 0 Å². The Morgan fingerprint density at radius 1 is 0.870 bits per heavy atom. The predicted octanol–water partition coefficient (Wildman–Crippen LogP) is 4.10. The number of carbonyl (C=O) groups is 1. The SMILES string of the molecule is O=C1C(Br)=CC(=NS(=O)(=O)c2ccc(Br)cc2)c2ccccc21. The number of rotatable bonds is 2. The Kier molecular flexibility index (Phi) is 4.35. The summed E-state index contributed by atoms with van der Waals surface area (Å²) in [5.74, 6) is -0.194. The van der Waals surface area contributed by atoms with Crippen molar-refractivity contribution in [3.63, 3.8) is 0 Å². The Balaban J connectivity index is 2.15. The van der Waals surface area contributed by atoms with Gasteiger partial charge in [-0.1, -0.05) is 40.2 Å². The molecule has 0 saturated carbocycles. The standard InChI is InChI=1S/C16H9Br2NO3S/c17-10-5-7-11(8-6-10)23(21,22)19-15-9-14(18)16(20)13-4-2-1-3-12(13)15/h1-9H. The molecule has 0 N–H and O–H groups in total. The van der Waals surface area contributed by atoms with E-state index < -0.39 is 10.0 Å². The van der Waals surface area contributed by atoms with Gasteiger partial charge in [0.2, 0.25) is 5.78 Å². The number of halogens is 2. The van der Waals surface area contributed by atoms with Crippen LogP contribution < -0.4 is 0 Å². The second-order valence-electron chi connectivity index (χ2n) is 4.77. The van der Waals surface area contributed by atoms with Gasteiger partial charge in [0, 0.05) is 15.6 Å². The lowest BCUT2D eigenvalue weighted by Crippen LogP contribution is -2.16. The maximum Gasteiger partial charge on any atom is 0.282 e. The third-order valence-electron chi connectivity index (χ3n) is 3.26. The van der Waals surface area contributed by atoms with Crippen molar-refractivity contribution in [1.29, 1.82) is 0 Å². The third kappa shape index (κ3) is 3.22. The van der Waals surface area contributed by atoms with Gasteiger partial charge < -0.3 is 0 Å². The van der Waals surface area contributed by atoms with Crippen LogP contribution in [-0.4, -0.2) is 19.9 Å². The summed E-state index contributed by atoms with van der Waals surface area (Å²) in [6, 6.07) is 13.0. The summed E-state index contributed by atoms with van der Waals surface area (Å²) in [5.41, 5.74) is 1.16. The Morgan fingerprint density at radius 2 is 1.48 bits per heavy atom. The van der Waals surface area contributed by atoms with E-state index >= 15 is 0 Å². The number of carbonyl (C=O) groups excluding carboxylic acids is 1. The zero-order valence-electron chi connectivity index (χ0n) is 11.5. The molecule has 0 aliphatic heterocycles. The van der Waals surface area contributed by atoms with Crippen molar-refractivity contribution in [2.75, 3.05) is 0 Å². The molecule has 2 aromatic carbocycles. The Labute approximate surface area is 150 Å². The average molecular weight is 455 g/mol. The average Bonchev–Trinajstić information content (AvgIpc) is 2.52. The summed E-state index contributed by atoms with van der Waals surface area (Å²) in [6.07, 6.45) is 1.43. The van der Waals surface area contributed by atoms with Gasteiger partial charge in [0.25, 0.3) is 10.0 Å². The summed E-state index contributed by atoms with van der Waals surface area (Å²) in [5, 5.41) is 0. The number of Topliss-reactive ketones (excluding diaryl/α,β-unsaturated/α-hetero) is 1. The predicted molar refractivity (Wildman–Crippen MR) is 95.6 cm³/mol. The minimum absolute atomic E-state index is 0.0899. The van der Waals surface area contributed by atoms with Gasteiger partial charge >= 0.3 is 0 Å². The Bertz CT molecular complexity index is 961. The van der Waals surface area contributed by atoms with Gasteiger partial charge in [0.1, 0.15) is 0 Å². The molecule has 0 saturated heterocycles. The van der Waals surface area contributed by atoms with Gasteiger partial charge in [-0.25, -0.2) is 0 Å². The number of sulfonamides is 1. The lowest BCUT2D eigenvalue weighted by Gasteiger charge is -2.14. The highest BCUT2D eigenvalue weighted by atomic mass is 79.9. The van der Waals surface area contributed by atoms with E-state index in [0.29, 0.717) is 11.1 Å². The van der Waals surface area contributed by atoms with Gasteiger partial charge in [-0.3, -0.25) is 4.79 Å². The molecule has 7 heteroatoms. The highest BCUT2D eigenvalue weighted by Gasteiger charge is 2.24. The summed E-state index contributed by atoms with van der Waals surface area (Å²) in [7, 11) is -3.87. The van der Waals surface area contributed by atoms with Gasteiger partial charge in [0.05, 0.1) is 15.1 Å². The van der Waals surface area contributed by atoms with E-state index in [1.807, 2.05) is 0 Å². The number of ketones is 1. The molecule has 0 spiro atoms. The fourth-order valence-electron chi connectivity index (χ4n) is 2.16. The normalized spacial score (nSPS) is 16.2. The maximum absolute atomic E-state index is 12.5. The topological polar surface area (TPSA) is 63.6 Å². The van der Waals surface area contributed by atoms with E-state index in [2.05, 4.69) is 36.3 Å². The molecule has 0 aromatic heterocycles. The largest absolute Gasteiger partial charge is 0.288 e. The molecule has 1 aliphatic carbocycles. The van der Waals surface area contributed by atoms with E-state index in [1.165, 1.54) is 18.2 Å². The first-order valence-electron chi connectivity index (χ1n) is 6.50. The van der Waals surface area contributed by atoms with E-state index in [-0.39, 0.29) is 20.9 Å². The van der Waals surface area contributed by atoms with Crippen molar-refractivity contribution in [3.8, 4) is 0 Å². The van der Waals surface area contributed by atoms with Crippen molar-refractivity contribution in [2.24, 2.45) is 4.40 Å². The highest BCUT2D eigenvalue weighted by Crippen LogP contribution is 2.26. The molecular formula is C16H9Br2NO3S. The van der Waals surface area contributed by atoms with E-state index in [1.54, 1.807) is 36.4 Å². The fourth-order valence-corrected chi connectivity index (χ4v) is 3.85. The minimum Gasteiger partial charge on any atom is -0.288 e. The first kappa shape index (κ1) is 16.3. The molecule has 0 unspecified atom stereocenters. The van der Waals surface area contributed by atoms with Crippen LogP contribution in [0.25, 0.3) is 0 Å². The van der Waals surface area contributed by atoms with Crippen LogP contribution in [0.1, 0.15) is 15.9 Å². The van der Waals surface area contributed by atoms with Crippen LogP contribution in [0.4, 0.5) is 0 Å². The van der Waals surface area contributed by atoms with Crippen LogP contribution >= 0.6 is 31.9 Å². The number of fused-ring (bicyclic) bond motifs is 1. The molecule has 23 heavy (non-hydrogen) atoms. The second-order valence-corrected chi connectivity index (χ2v) is 8.15. The van der Waals surface area contributed by atoms with Crippen LogP contribution in [0.2, 0.25) is 0 Å². The first-order chi connectivity index (χ1) is 10.9. The van der Waals surface area contributed by atoms with Crippen molar-refractivity contribution in [3.05, 3.63) is 74.7 Å². The van der Waals surface area contributed by atoms with Crippen LogP contribution in [0, 0.1) is 0 Å². The van der Waals surface area contributed by atoms with Crippen LogP contribution in [0.5, 0.6) is 0 Å². The van der Waals surface area contributed by atoms with Gasteiger partial charge in [-0.05, 0) is 46.3 Å². The molecule has 0 heterocycles. The van der Waals surface area contributed by atoms with Crippen LogP contribution in [0.3, 0.4) is 0 Å². The van der Waals surface area contributed by atoms with Crippen molar-refractivity contribution < 1.29 is 13.2 Å². The quantitative estimate of drug-likeness (QED) is 0.686. The molecule has 0 bridgehead atoms. The van der Waals surface area contributed by atoms with Gasteiger partial charge in [-0.15, -0.1) is 0 Å². The molecule has 2 aromatic rings. The summed E-state index contributed by atoms with van der Waals surface area (Å²) < 4.78 is 29.9. The second kappa shape index (κ2) is 6.14. The lowest BCUT2D eigenvalue weighted by atomic mass is 9.94. The number of benzene rings is 2. The summed E-state index contributed by atoms with van der Waals surface area (Å²) in [6.45, 7) is 0. The zero-order chi connectivity index (χ0) is 16.6. The number of nitrogens with zero attached hydrogens (tertiary/aromatic N) is 1. The maximum atomic E-state index is 12.5. The van der Waals surface area contributed by atoms with Crippen molar-refractivity contribution in [1.82, 2.24) is 0 Å². The molecule has 0 fully saturated rings. The molecule has 3 rings (SSSR count). The van der Waals surface area contributed by atoms with E-state index in [0.717, 1.165) is 4.47 Å². The monoisotopic (exact) mass is 453 g/mol. The highest BCUT2D eigenvalue weighted by molar-refractivity contribution is 9.12. The molecule has 0 amide bonds. The van der Waals surface area contributed by atoms with Gasteiger partial charge in [-0.2, -0.15) is 12.8 Å². The van der Waals surface area contributed by atoms with Crippen LogP contribution in [0.15, 0.2) is 72.9 Å². The number of allylic oxidation sites excluding steroid dienone is 2. The van der Waals surface area contributed by atoms with Gasteiger partial charge in [0.15, 0.2) is 0 Å². The molecular weight excluding hydrogens is 446 g/mol. The van der Waals surface area contributed by atoms with Crippen molar-refractivity contribution in [2.45, 2.75) is 4.90 Å². The lowest BCUT2D eigenvalue weighted by molar-refractivity contribution is 0.104. The van der Waals surface area contributed by atoms with E-state index in [9.17, 15) is 13.2 Å². The molecule has 0 atom stereocenters. The minimum atomic E-state index is -3.87. The van der Waals surface area contributed by atoms with Crippen molar-refractivity contribution >= 4 is 53.4 Å². The molecule has 116 valence electrons. The summed E-state index contributed by atoms with van der Waals surface area (Å²) >= 11 is 6.43. The molecule has 1 aliphatic rings. The Hall–Kier alpha value is -1.57. The van der Waals surface area contributed by atoms with Crippen LogP contribution in [-0.2, 0) is 10.0 Å².